The van der Waals surface area contributed by atoms with E-state index in [-0.39, 0.29) is 24.0 Å². The first-order chi connectivity index (χ1) is 19.9. The van der Waals surface area contributed by atoms with Gasteiger partial charge in [-0.2, -0.15) is 0 Å². The molecule has 3 aromatic carbocycles. The number of hydrogen-bond donors (Lipinski definition) is 1. The van der Waals surface area contributed by atoms with E-state index in [4.69, 9.17) is 18.9 Å². The van der Waals surface area contributed by atoms with Gasteiger partial charge >= 0.3 is 0 Å². The molecule has 1 fully saturated rings. The average molecular weight is 558 g/mol. The highest BCUT2D eigenvalue weighted by Gasteiger charge is 2.46. The van der Waals surface area contributed by atoms with Crippen molar-refractivity contribution in [3.8, 4) is 17.2 Å². The molecule has 2 aliphatic heterocycles. The number of likely N-dealkylation sites (tertiary alicyclic amines) is 1. The third kappa shape index (κ3) is 5.93. The van der Waals surface area contributed by atoms with E-state index >= 15 is 0 Å². The molecule has 1 amide bonds. The monoisotopic (exact) mass is 557 g/mol. The Morgan fingerprint density at radius 3 is 2.59 bits per heavy atom. The number of amides is 1. The Kier molecular flexibility index (Phi) is 8.59. The van der Waals surface area contributed by atoms with Gasteiger partial charge in [0.25, 0.3) is 11.7 Å². The number of Topliss-reactive ketones (excluding diaryl/α,β-unsaturated/α-hetero) is 1. The lowest BCUT2D eigenvalue weighted by Crippen LogP contribution is -2.31. The van der Waals surface area contributed by atoms with E-state index in [1.54, 1.807) is 31.4 Å². The molecule has 2 heterocycles. The second-order valence-electron chi connectivity index (χ2n) is 10.2. The van der Waals surface area contributed by atoms with E-state index in [0.29, 0.717) is 55.3 Å². The van der Waals surface area contributed by atoms with Crippen molar-refractivity contribution in [3.63, 3.8) is 0 Å². The molecule has 1 saturated heterocycles. The van der Waals surface area contributed by atoms with E-state index in [0.717, 1.165) is 16.9 Å². The van der Waals surface area contributed by atoms with E-state index in [1.165, 1.54) is 4.90 Å². The van der Waals surface area contributed by atoms with Crippen molar-refractivity contribution < 1.29 is 33.6 Å². The number of nitrogens with zero attached hydrogens (tertiary/aromatic N) is 1. The molecule has 0 unspecified atom stereocenters. The Hall–Kier alpha value is -4.30. The third-order valence-corrected chi connectivity index (χ3v) is 7.28. The predicted molar refractivity (Wildman–Crippen MR) is 154 cm³/mol. The highest BCUT2D eigenvalue weighted by molar-refractivity contribution is 6.46. The van der Waals surface area contributed by atoms with Gasteiger partial charge < -0.3 is 29.0 Å². The Morgan fingerprint density at radius 1 is 1.02 bits per heavy atom. The highest BCUT2D eigenvalue weighted by Crippen LogP contribution is 2.43. The summed E-state index contributed by atoms with van der Waals surface area (Å²) in [5.74, 6) is 0.200. The zero-order valence-corrected chi connectivity index (χ0v) is 23.6. The molecule has 2 atom stereocenters. The van der Waals surface area contributed by atoms with Crippen LogP contribution in [0.15, 0.2) is 72.3 Å². The van der Waals surface area contributed by atoms with Crippen molar-refractivity contribution in [1.82, 2.24) is 4.90 Å². The first kappa shape index (κ1) is 28.2. The van der Waals surface area contributed by atoms with Crippen LogP contribution in [0.2, 0.25) is 0 Å². The zero-order chi connectivity index (χ0) is 28.9. The van der Waals surface area contributed by atoms with Crippen molar-refractivity contribution in [2.24, 2.45) is 0 Å². The van der Waals surface area contributed by atoms with Crippen LogP contribution in [0.1, 0.15) is 48.6 Å². The normalized spacial score (nSPS) is 19.2. The van der Waals surface area contributed by atoms with E-state index in [9.17, 15) is 14.7 Å². The van der Waals surface area contributed by atoms with Crippen LogP contribution < -0.4 is 14.2 Å². The van der Waals surface area contributed by atoms with Crippen molar-refractivity contribution in [2.45, 2.75) is 45.4 Å². The first-order valence-corrected chi connectivity index (χ1v) is 13.9. The molecule has 0 aromatic heterocycles. The molecular weight excluding hydrogens is 522 g/mol. The highest BCUT2D eigenvalue weighted by atomic mass is 16.5. The molecule has 41 heavy (non-hydrogen) atoms. The molecule has 2 aliphatic rings. The van der Waals surface area contributed by atoms with E-state index in [2.05, 4.69) is 0 Å². The fraction of sp³-hybridized carbons (Fsp3) is 0.333. The molecule has 5 rings (SSSR count). The second-order valence-corrected chi connectivity index (χ2v) is 10.2. The zero-order valence-electron chi connectivity index (χ0n) is 23.6. The smallest absolute Gasteiger partial charge is 0.295 e. The fourth-order valence-corrected chi connectivity index (χ4v) is 5.38. The number of methoxy groups -OCH3 is 1. The predicted octanol–water partition coefficient (Wildman–Crippen LogP) is 5.45. The van der Waals surface area contributed by atoms with Crippen molar-refractivity contribution in [3.05, 3.63) is 94.6 Å². The molecule has 8 heteroatoms. The molecule has 0 aliphatic carbocycles. The van der Waals surface area contributed by atoms with Gasteiger partial charge in [-0.3, -0.25) is 9.59 Å². The number of carbonyl (C=O) groups excluding carboxylic acids is 2. The van der Waals surface area contributed by atoms with Gasteiger partial charge in [0.2, 0.25) is 0 Å². The van der Waals surface area contributed by atoms with Gasteiger partial charge in [0.05, 0.1) is 18.2 Å². The molecule has 3 aromatic rings. The number of rotatable bonds is 11. The molecule has 0 spiro atoms. The third-order valence-electron chi connectivity index (χ3n) is 7.28. The lowest BCUT2D eigenvalue weighted by atomic mass is 9.94. The van der Waals surface area contributed by atoms with Gasteiger partial charge in [-0.25, -0.2) is 0 Å². The number of hydrogen-bond acceptors (Lipinski definition) is 7. The van der Waals surface area contributed by atoms with E-state index in [1.807, 2.05) is 56.3 Å². The molecule has 0 radical (unpaired) electrons. The fourth-order valence-electron chi connectivity index (χ4n) is 5.38. The molecule has 8 nitrogen and oxygen atoms in total. The van der Waals surface area contributed by atoms with Crippen LogP contribution in [0.5, 0.6) is 17.2 Å². The molecule has 214 valence electrons. The largest absolute Gasteiger partial charge is 0.507 e. The number of fused-ring (bicyclic) bond motifs is 1. The summed E-state index contributed by atoms with van der Waals surface area (Å²) in [6, 6.07) is 19.7. The van der Waals surface area contributed by atoms with Crippen molar-refractivity contribution in [1.29, 1.82) is 0 Å². The van der Waals surface area contributed by atoms with Gasteiger partial charge in [-0.05, 0) is 67.3 Å². The lowest BCUT2D eigenvalue weighted by molar-refractivity contribution is -0.140. The summed E-state index contributed by atoms with van der Waals surface area (Å²) >= 11 is 0. The van der Waals surface area contributed by atoms with Crippen LogP contribution >= 0.6 is 0 Å². The van der Waals surface area contributed by atoms with Crippen LogP contribution in [0.25, 0.3) is 5.76 Å². The summed E-state index contributed by atoms with van der Waals surface area (Å²) in [6.45, 7) is 5.32. The minimum atomic E-state index is -0.808. The maximum absolute atomic E-state index is 13.4. The number of carbonyl (C=O) groups is 2. The van der Waals surface area contributed by atoms with Crippen LogP contribution in [-0.2, 0) is 27.4 Å². The summed E-state index contributed by atoms with van der Waals surface area (Å²) in [5.41, 5.74) is 3.11. The maximum Gasteiger partial charge on any atom is 0.295 e. The van der Waals surface area contributed by atoms with Gasteiger partial charge in [0.1, 0.15) is 24.2 Å². The summed E-state index contributed by atoms with van der Waals surface area (Å²) in [6.07, 6.45) is 1.27. The minimum absolute atomic E-state index is 0.0355. The summed E-state index contributed by atoms with van der Waals surface area (Å²) in [5, 5.41) is 11.5. The molecule has 1 N–H and O–H groups in total. The quantitative estimate of drug-likeness (QED) is 0.145. The number of benzene rings is 3. The Balaban J connectivity index is 1.55. The standard InChI is InChI=1S/C33H35NO7/c1-4-39-28-19-23(11-14-27(28)40-20-22-9-6-5-7-10-22)30-29(32(36)33(37)34(30)15-8-16-38-3)31(35)24-12-13-26-25(18-24)17-21(2)41-26/h5-7,9-14,18-19,21,30,35H,4,8,15-17,20H2,1-3H3/b31-29+/t21-,30-/m1/s1. The topological polar surface area (TPSA) is 94.5 Å². The van der Waals surface area contributed by atoms with Gasteiger partial charge in [0, 0.05) is 32.2 Å². The minimum Gasteiger partial charge on any atom is -0.507 e. The molecule has 0 saturated carbocycles. The Labute approximate surface area is 240 Å². The van der Waals surface area contributed by atoms with Crippen LogP contribution in [0, 0.1) is 0 Å². The van der Waals surface area contributed by atoms with Crippen LogP contribution in [-0.4, -0.2) is 54.7 Å². The second kappa shape index (κ2) is 12.5. The molecule has 0 bridgehead atoms. The first-order valence-electron chi connectivity index (χ1n) is 13.9. The van der Waals surface area contributed by atoms with Crippen LogP contribution in [0.4, 0.5) is 0 Å². The number of ether oxygens (including phenoxy) is 4. The summed E-state index contributed by atoms with van der Waals surface area (Å²) < 4.78 is 23.0. The SMILES string of the molecule is CCOc1cc([C@@H]2/C(=C(\O)c3ccc4c(c3)C[C@@H](C)O4)C(=O)C(=O)N2CCCOC)ccc1OCc1ccccc1. The van der Waals surface area contributed by atoms with Gasteiger partial charge in [0.15, 0.2) is 11.5 Å². The Bertz CT molecular complexity index is 1450. The Morgan fingerprint density at radius 2 is 1.83 bits per heavy atom. The lowest BCUT2D eigenvalue weighted by Gasteiger charge is -2.26. The number of ketones is 1. The van der Waals surface area contributed by atoms with Crippen molar-refractivity contribution >= 4 is 17.4 Å². The van der Waals surface area contributed by atoms with Crippen molar-refractivity contribution in [2.75, 3.05) is 26.9 Å². The van der Waals surface area contributed by atoms with Crippen LogP contribution in [0.3, 0.4) is 0 Å². The molecular formula is C33H35NO7. The average Bonchev–Trinajstić information content (AvgIpc) is 3.48. The maximum atomic E-state index is 13.4. The van der Waals surface area contributed by atoms with E-state index < -0.39 is 17.7 Å². The van der Waals surface area contributed by atoms with Gasteiger partial charge in [-0.15, -0.1) is 0 Å². The summed E-state index contributed by atoms with van der Waals surface area (Å²) in [7, 11) is 1.59. The number of aliphatic hydroxyl groups excluding tert-OH is 1. The van der Waals surface area contributed by atoms with Gasteiger partial charge in [-0.1, -0.05) is 36.4 Å². The summed E-state index contributed by atoms with van der Waals surface area (Å²) in [4.78, 5) is 28.3. The number of aliphatic hydroxyl groups is 1.